The van der Waals surface area contributed by atoms with Crippen LogP contribution in [0.3, 0.4) is 0 Å². The third-order valence-corrected chi connectivity index (χ3v) is 6.73. The molecular formula is C33H42N6O4+2. The van der Waals surface area contributed by atoms with Gasteiger partial charge in [0.2, 0.25) is 11.8 Å². The maximum Gasteiger partial charge on any atom is 0.230 e. The minimum absolute atomic E-state index is 0.334. The maximum absolute atomic E-state index is 5.49. The van der Waals surface area contributed by atoms with Crippen molar-refractivity contribution >= 4 is 23.2 Å². The quantitative estimate of drug-likeness (QED) is 0.221. The second kappa shape index (κ2) is 15.2. The standard InChI is InChI=1S/C33H42N6O4/c1-27-24-29(26-39(4,5)19-7-9-21-41-33-17-23-43-37-33)12-15-31(27)35-34-30-13-10-28(11-14-30)25-38(2,3)18-6-8-20-40-32-16-22-42-36-32/h10-15,24H,16-23,25-26H2,1-5H3/q+2. The number of ether oxygens (including phenoxy) is 2. The molecule has 2 heterocycles. The molecule has 2 aliphatic heterocycles. The van der Waals surface area contributed by atoms with Crippen molar-refractivity contribution in [2.75, 3.05) is 67.7 Å². The van der Waals surface area contributed by atoms with Crippen LogP contribution in [0.1, 0.15) is 29.5 Å². The summed E-state index contributed by atoms with van der Waals surface area (Å²) < 4.78 is 12.5. The van der Waals surface area contributed by atoms with E-state index in [1.807, 2.05) is 18.2 Å². The number of hydrogen-bond acceptors (Lipinski definition) is 8. The molecule has 0 N–H and O–H groups in total. The highest BCUT2D eigenvalue weighted by molar-refractivity contribution is 5.77. The zero-order valence-corrected chi connectivity index (χ0v) is 25.9. The van der Waals surface area contributed by atoms with Crippen LogP contribution in [-0.2, 0) is 32.2 Å². The molecule has 0 aliphatic carbocycles. The van der Waals surface area contributed by atoms with Crippen LogP contribution in [0.5, 0.6) is 0 Å². The lowest BCUT2D eigenvalue weighted by Gasteiger charge is -2.27. The van der Waals surface area contributed by atoms with Gasteiger partial charge in [-0.25, -0.2) is 0 Å². The van der Waals surface area contributed by atoms with E-state index in [-0.39, 0.29) is 0 Å². The summed E-state index contributed by atoms with van der Waals surface area (Å²) in [7, 11) is 8.67. The molecule has 0 radical (unpaired) electrons. The van der Waals surface area contributed by atoms with Crippen molar-refractivity contribution in [1.29, 1.82) is 0 Å². The Balaban J connectivity index is 1.23. The van der Waals surface area contributed by atoms with Crippen molar-refractivity contribution < 1.29 is 28.1 Å². The number of benzene rings is 2. The first-order valence-electron chi connectivity index (χ1n) is 14.5. The topological polar surface area (TPSA) is 86.4 Å². The molecular weight excluding hydrogens is 544 g/mol. The van der Waals surface area contributed by atoms with Crippen molar-refractivity contribution in [3.05, 3.63) is 59.2 Å². The van der Waals surface area contributed by atoms with E-state index in [0.717, 1.165) is 39.0 Å². The monoisotopic (exact) mass is 586 g/mol. The summed E-state index contributed by atoms with van der Waals surface area (Å²) >= 11 is 0. The second-order valence-electron chi connectivity index (χ2n) is 11.9. The summed E-state index contributed by atoms with van der Waals surface area (Å²) in [5, 5.41) is 16.6. The highest BCUT2D eigenvalue weighted by Crippen LogP contribution is 2.25. The average molecular weight is 587 g/mol. The lowest BCUT2D eigenvalue weighted by atomic mass is 10.1. The fourth-order valence-corrected chi connectivity index (χ4v) is 4.48. The Morgan fingerprint density at radius 3 is 1.77 bits per heavy atom. The van der Waals surface area contributed by atoms with Crippen LogP contribution in [0.25, 0.3) is 0 Å². The summed E-state index contributed by atoms with van der Waals surface area (Å²) in [5.41, 5.74) is 5.22. The van der Waals surface area contributed by atoms with Gasteiger partial charge in [-0.2, -0.15) is 10.2 Å². The largest absolute Gasteiger partial charge is 0.465 e. The molecule has 0 unspecified atom stereocenters. The molecule has 4 rings (SSSR count). The first kappa shape index (κ1) is 31.6. The molecule has 0 saturated heterocycles. The van der Waals surface area contributed by atoms with E-state index in [2.05, 4.69) is 104 Å². The molecule has 10 heteroatoms. The molecule has 226 valence electrons. The van der Waals surface area contributed by atoms with Gasteiger partial charge in [-0.05, 0) is 48.6 Å². The Hall–Kier alpha value is -4.38. The lowest BCUT2D eigenvalue weighted by molar-refractivity contribution is -0.896. The molecule has 43 heavy (non-hydrogen) atoms. The van der Waals surface area contributed by atoms with Crippen LogP contribution in [-0.4, -0.2) is 88.5 Å². The van der Waals surface area contributed by atoms with E-state index >= 15 is 0 Å². The summed E-state index contributed by atoms with van der Waals surface area (Å²) in [6.45, 7) is 7.05. The maximum atomic E-state index is 5.49. The van der Waals surface area contributed by atoms with Gasteiger partial charge in [0.1, 0.15) is 39.4 Å². The van der Waals surface area contributed by atoms with E-state index in [1.165, 1.54) is 11.1 Å². The predicted octanol–water partition coefficient (Wildman–Crippen LogP) is 5.07. The number of hydrogen-bond donors (Lipinski definition) is 0. The Labute approximate surface area is 255 Å². The van der Waals surface area contributed by atoms with Crippen molar-refractivity contribution in [2.24, 2.45) is 20.5 Å². The molecule has 0 atom stereocenters. The average Bonchev–Trinajstić information content (AvgIpc) is 3.67. The summed E-state index contributed by atoms with van der Waals surface area (Å²) in [4.78, 5) is 9.84. The van der Waals surface area contributed by atoms with Crippen LogP contribution in [0.4, 0.5) is 11.4 Å². The Kier molecular flexibility index (Phi) is 11.2. The number of rotatable bonds is 10. The van der Waals surface area contributed by atoms with Gasteiger partial charge in [0, 0.05) is 11.1 Å². The molecule has 2 aromatic rings. The van der Waals surface area contributed by atoms with E-state index in [4.69, 9.17) is 19.1 Å². The fraction of sp³-hybridized carbons (Fsp3) is 0.455. The van der Waals surface area contributed by atoms with Gasteiger partial charge in [-0.3, -0.25) is 0 Å². The highest BCUT2D eigenvalue weighted by atomic mass is 16.7. The molecule has 0 bridgehead atoms. The van der Waals surface area contributed by atoms with Crippen molar-refractivity contribution in [3.8, 4) is 23.7 Å². The fourth-order valence-electron chi connectivity index (χ4n) is 4.48. The minimum atomic E-state index is 0.334. The second-order valence-corrected chi connectivity index (χ2v) is 11.9. The molecule has 0 aromatic heterocycles. The number of oxime groups is 2. The number of aryl methyl sites for hydroxylation is 1. The van der Waals surface area contributed by atoms with Crippen molar-refractivity contribution in [2.45, 2.75) is 32.9 Å². The zero-order chi connectivity index (χ0) is 30.5. The van der Waals surface area contributed by atoms with Gasteiger partial charge in [0.05, 0.1) is 52.4 Å². The third-order valence-electron chi connectivity index (χ3n) is 6.73. The Morgan fingerprint density at radius 1 is 0.721 bits per heavy atom. The molecule has 0 spiro atoms. The number of quaternary nitrogens is 2. The van der Waals surface area contributed by atoms with Crippen LogP contribution in [0.15, 0.2) is 63.0 Å². The van der Waals surface area contributed by atoms with Gasteiger partial charge < -0.3 is 28.1 Å². The normalized spacial score (nSPS) is 14.5. The van der Waals surface area contributed by atoms with Gasteiger partial charge in [-0.1, -0.05) is 40.4 Å². The molecule has 2 aliphatic rings. The molecule has 0 saturated carbocycles. The van der Waals surface area contributed by atoms with Gasteiger partial charge >= 0.3 is 0 Å². The summed E-state index contributed by atoms with van der Waals surface area (Å²) in [6, 6.07) is 14.6. The van der Waals surface area contributed by atoms with Crippen LogP contribution in [0, 0.1) is 30.6 Å². The smallest absolute Gasteiger partial charge is 0.230 e. The Morgan fingerprint density at radius 2 is 1.26 bits per heavy atom. The van der Waals surface area contributed by atoms with Crippen molar-refractivity contribution in [3.63, 3.8) is 0 Å². The molecule has 0 fully saturated rings. The van der Waals surface area contributed by atoms with E-state index in [1.54, 1.807) is 0 Å². The van der Waals surface area contributed by atoms with Crippen LogP contribution in [0.2, 0.25) is 0 Å². The van der Waals surface area contributed by atoms with Crippen LogP contribution < -0.4 is 0 Å². The molecule has 0 amide bonds. The number of azo groups is 1. The van der Waals surface area contributed by atoms with E-state index < -0.39 is 0 Å². The van der Waals surface area contributed by atoms with Gasteiger partial charge in [0.15, 0.2) is 13.2 Å². The number of nitrogens with zero attached hydrogens (tertiary/aromatic N) is 6. The predicted molar refractivity (Wildman–Crippen MR) is 167 cm³/mol. The lowest BCUT2D eigenvalue weighted by Crippen LogP contribution is -2.39. The third kappa shape index (κ3) is 11.1. The zero-order valence-electron chi connectivity index (χ0n) is 25.9. The van der Waals surface area contributed by atoms with Crippen LogP contribution >= 0.6 is 0 Å². The SMILES string of the molecule is Cc1cc(C[N+](C)(C)CC#CCOC2=NOCC2)ccc1N=Nc1ccc(C[N+](C)(C)CC#CCOC2=NOCC2)cc1. The molecule has 10 nitrogen and oxygen atoms in total. The van der Waals surface area contributed by atoms with Gasteiger partial charge in [-0.15, -0.1) is 0 Å². The first-order valence-corrected chi connectivity index (χ1v) is 14.5. The molecule has 2 aromatic carbocycles. The highest BCUT2D eigenvalue weighted by Gasteiger charge is 2.16. The van der Waals surface area contributed by atoms with E-state index in [9.17, 15) is 0 Å². The first-order chi connectivity index (χ1) is 20.7. The Bertz CT molecular complexity index is 1460. The minimum Gasteiger partial charge on any atom is -0.465 e. The van der Waals surface area contributed by atoms with E-state index in [0.29, 0.717) is 64.2 Å². The summed E-state index contributed by atoms with van der Waals surface area (Å²) in [6.07, 6.45) is 1.43. The van der Waals surface area contributed by atoms with Crippen molar-refractivity contribution in [1.82, 2.24) is 0 Å². The summed E-state index contributed by atoms with van der Waals surface area (Å²) in [5.74, 6) is 13.8. The van der Waals surface area contributed by atoms with Gasteiger partial charge in [0.25, 0.3) is 0 Å².